The molecule has 104 valence electrons. The Morgan fingerprint density at radius 3 is 3.15 bits per heavy atom. The summed E-state index contributed by atoms with van der Waals surface area (Å²) < 4.78 is 5.37. The van der Waals surface area contributed by atoms with Crippen LogP contribution in [0.2, 0.25) is 0 Å². The number of benzene rings is 1. The molecular formula is C15H17N3O2. The lowest BCUT2D eigenvalue weighted by molar-refractivity contribution is 0.326. The van der Waals surface area contributed by atoms with Crippen LogP contribution in [0.5, 0.6) is 11.6 Å². The summed E-state index contributed by atoms with van der Waals surface area (Å²) >= 11 is 0. The summed E-state index contributed by atoms with van der Waals surface area (Å²) in [5, 5.41) is 13.2. The van der Waals surface area contributed by atoms with E-state index in [-0.39, 0.29) is 6.04 Å². The van der Waals surface area contributed by atoms with Gasteiger partial charge in [0.2, 0.25) is 5.88 Å². The van der Waals surface area contributed by atoms with E-state index in [2.05, 4.69) is 15.3 Å². The maximum absolute atomic E-state index is 9.86. The highest BCUT2D eigenvalue weighted by Crippen LogP contribution is 2.37. The van der Waals surface area contributed by atoms with Gasteiger partial charge in [0.25, 0.3) is 0 Å². The maximum atomic E-state index is 9.86. The van der Waals surface area contributed by atoms with Crippen molar-refractivity contribution in [2.75, 3.05) is 11.9 Å². The highest BCUT2D eigenvalue weighted by molar-refractivity contribution is 5.49. The SMILES string of the molecule is CCOc1cc(NC2CCc3c(O)cccc32)ncn1. The Morgan fingerprint density at radius 1 is 1.40 bits per heavy atom. The molecule has 1 aromatic heterocycles. The molecule has 20 heavy (non-hydrogen) atoms. The van der Waals surface area contributed by atoms with Crippen molar-refractivity contribution in [3.63, 3.8) is 0 Å². The highest BCUT2D eigenvalue weighted by atomic mass is 16.5. The van der Waals surface area contributed by atoms with Crippen LogP contribution in [0.15, 0.2) is 30.6 Å². The molecule has 0 bridgehead atoms. The van der Waals surface area contributed by atoms with Gasteiger partial charge < -0.3 is 15.2 Å². The average molecular weight is 271 g/mol. The van der Waals surface area contributed by atoms with Crippen LogP contribution in [0.25, 0.3) is 0 Å². The van der Waals surface area contributed by atoms with Gasteiger partial charge in [0.1, 0.15) is 17.9 Å². The minimum Gasteiger partial charge on any atom is -0.508 e. The Bertz CT molecular complexity index is 616. The first-order chi connectivity index (χ1) is 9.78. The van der Waals surface area contributed by atoms with Gasteiger partial charge in [0.05, 0.1) is 12.6 Å². The second kappa shape index (κ2) is 5.36. The number of aromatic hydroxyl groups is 1. The largest absolute Gasteiger partial charge is 0.508 e. The summed E-state index contributed by atoms with van der Waals surface area (Å²) in [7, 11) is 0. The number of anilines is 1. The fraction of sp³-hybridized carbons (Fsp3) is 0.333. The molecule has 1 aliphatic carbocycles. The Kier molecular flexibility index (Phi) is 3.41. The van der Waals surface area contributed by atoms with E-state index in [0.29, 0.717) is 18.2 Å². The van der Waals surface area contributed by atoms with Crippen molar-refractivity contribution in [2.24, 2.45) is 0 Å². The van der Waals surface area contributed by atoms with Crippen molar-refractivity contribution in [2.45, 2.75) is 25.8 Å². The van der Waals surface area contributed by atoms with E-state index in [0.717, 1.165) is 29.8 Å². The molecule has 0 fully saturated rings. The monoisotopic (exact) mass is 271 g/mol. The van der Waals surface area contributed by atoms with Crippen LogP contribution in [-0.4, -0.2) is 21.7 Å². The summed E-state index contributed by atoms with van der Waals surface area (Å²) in [5.74, 6) is 1.69. The van der Waals surface area contributed by atoms with Crippen LogP contribution >= 0.6 is 0 Å². The maximum Gasteiger partial charge on any atom is 0.218 e. The fourth-order valence-corrected chi connectivity index (χ4v) is 2.61. The molecule has 5 nitrogen and oxygen atoms in total. The lowest BCUT2D eigenvalue weighted by Gasteiger charge is -2.15. The first kappa shape index (κ1) is 12.7. The van der Waals surface area contributed by atoms with Crippen LogP contribution in [0.3, 0.4) is 0 Å². The standard InChI is InChI=1S/C15H17N3O2/c1-2-20-15-8-14(16-9-17-15)18-12-7-6-11-10(12)4-3-5-13(11)19/h3-5,8-9,12,19H,2,6-7H2,1H3,(H,16,17,18). The molecule has 3 rings (SSSR count). The number of phenolic OH excluding ortho intramolecular Hbond substituents is 1. The molecule has 1 atom stereocenters. The zero-order chi connectivity index (χ0) is 13.9. The van der Waals surface area contributed by atoms with Crippen LogP contribution in [0.1, 0.15) is 30.5 Å². The predicted octanol–water partition coefficient (Wildman–Crippen LogP) is 2.68. The smallest absolute Gasteiger partial charge is 0.218 e. The molecule has 0 radical (unpaired) electrons. The summed E-state index contributed by atoms with van der Waals surface area (Å²) in [6.45, 7) is 2.50. The van der Waals surface area contributed by atoms with Gasteiger partial charge >= 0.3 is 0 Å². The zero-order valence-corrected chi connectivity index (χ0v) is 11.3. The van der Waals surface area contributed by atoms with E-state index >= 15 is 0 Å². The second-order valence-electron chi connectivity index (χ2n) is 4.76. The first-order valence-corrected chi connectivity index (χ1v) is 6.80. The van der Waals surface area contributed by atoms with Gasteiger partial charge in [-0.3, -0.25) is 0 Å². The molecule has 0 amide bonds. The van der Waals surface area contributed by atoms with Gasteiger partial charge in [-0.25, -0.2) is 9.97 Å². The summed E-state index contributed by atoms with van der Waals surface area (Å²) in [6, 6.07) is 7.62. The van der Waals surface area contributed by atoms with E-state index in [1.807, 2.05) is 19.1 Å². The van der Waals surface area contributed by atoms with Gasteiger partial charge in [0, 0.05) is 6.07 Å². The number of hydrogen-bond donors (Lipinski definition) is 2. The molecule has 0 saturated carbocycles. The molecule has 1 aromatic carbocycles. The number of hydrogen-bond acceptors (Lipinski definition) is 5. The Balaban J connectivity index is 1.80. The normalized spacial score (nSPS) is 16.8. The fourth-order valence-electron chi connectivity index (χ4n) is 2.61. The summed E-state index contributed by atoms with van der Waals surface area (Å²) in [5.41, 5.74) is 2.17. The predicted molar refractivity (Wildman–Crippen MR) is 76.0 cm³/mol. The topological polar surface area (TPSA) is 67.3 Å². The zero-order valence-electron chi connectivity index (χ0n) is 11.3. The molecule has 1 aliphatic rings. The number of nitrogens with one attached hydrogen (secondary N) is 1. The van der Waals surface area contributed by atoms with Gasteiger partial charge in [-0.05, 0) is 37.0 Å². The van der Waals surface area contributed by atoms with E-state index in [4.69, 9.17) is 4.74 Å². The van der Waals surface area contributed by atoms with Gasteiger partial charge in [-0.1, -0.05) is 12.1 Å². The van der Waals surface area contributed by atoms with Crippen LogP contribution in [0.4, 0.5) is 5.82 Å². The van der Waals surface area contributed by atoms with Gasteiger partial charge in [0.15, 0.2) is 0 Å². The summed E-state index contributed by atoms with van der Waals surface area (Å²) in [4.78, 5) is 8.26. The molecule has 5 heteroatoms. The Hall–Kier alpha value is -2.30. The van der Waals surface area contributed by atoms with E-state index in [1.54, 1.807) is 12.1 Å². The lowest BCUT2D eigenvalue weighted by Crippen LogP contribution is -2.09. The first-order valence-electron chi connectivity index (χ1n) is 6.80. The number of nitrogens with zero attached hydrogens (tertiary/aromatic N) is 2. The van der Waals surface area contributed by atoms with E-state index in [9.17, 15) is 5.11 Å². The van der Waals surface area contributed by atoms with Gasteiger partial charge in [-0.2, -0.15) is 0 Å². The third-order valence-corrected chi connectivity index (χ3v) is 3.50. The van der Waals surface area contributed by atoms with Crippen LogP contribution in [0, 0.1) is 0 Å². The number of ether oxygens (including phenoxy) is 1. The molecule has 0 saturated heterocycles. The Labute approximate surface area is 117 Å². The second-order valence-corrected chi connectivity index (χ2v) is 4.76. The van der Waals surface area contributed by atoms with Crippen molar-refractivity contribution in [1.82, 2.24) is 9.97 Å². The molecular weight excluding hydrogens is 254 g/mol. The van der Waals surface area contributed by atoms with Crippen molar-refractivity contribution < 1.29 is 9.84 Å². The van der Waals surface area contributed by atoms with Crippen molar-refractivity contribution >= 4 is 5.82 Å². The van der Waals surface area contributed by atoms with E-state index in [1.165, 1.54) is 6.33 Å². The Morgan fingerprint density at radius 2 is 2.30 bits per heavy atom. The summed E-state index contributed by atoms with van der Waals surface area (Å²) in [6.07, 6.45) is 3.32. The molecule has 0 aliphatic heterocycles. The minimum absolute atomic E-state index is 0.168. The van der Waals surface area contributed by atoms with Crippen molar-refractivity contribution in [1.29, 1.82) is 0 Å². The molecule has 0 spiro atoms. The third kappa shape index (κ3) is 2.39. The number of rotatable bonds is 4. The molecule has 1 heterocycles. The highest BCUT2D eigenvalue weighted by Gasteiger charge is 2.24. The van der Waals surface area contributed by atoms with Crippen molar-refractivity contribution in [3.8, 4) is 11.6 Å². The number of phenols is 1. The molecule has 2 aromatic rings. The number of fused-ring (bicyclic) bond motifs is 1. The van der Waals surface area contributed by atoms with Crippen LogP contribution < -0.4 is 10.1 Å². The minimum atomic E-state index is 0.168. The van der Waals surface area contributed by atoms with Crippen LogP contribution in [-0.2, 0) is 6.42 Å². The lowest BCUT2D eigenvalue weighted by atomic mass is 10.1. The third-order valence-electron chi connectivity index (χ3n) is 3.50. The van der Waals surface area contributed by atoms with Crippen molar-refractivity contribution in [3.05, 3.63) is 41.7 Å². The molecule has 2 N–H and O–H groups in total. The molecule has 1 unspecified atom stereocenters. The average Bonchev–Trinajstić information content (AvgIpc) is 2.84. The number of aromatic nitrogens is 2. The quantitative estimate of drug-likeness (QED) is 0.895. The van der Waals surface area contributed by atoms with E-state index < -0.39 is 0 Å². The van der Waals surface area contributed by atoms with Gasteiger partial charge in [-0.15, -0.1) is 0 Å².